The number of rotatable bonds is 0. The Bertz CT molecular complexity index is 263. The van der Waals surface area contributed by atoms with Crippen LogP contribution < -0.4 is 0 Å². The van der Waals surface area contributed by atoms with E-state index in [1.54, 1.807) is 4.90 Å². The Morgan fingerprint density at radius 3 is 2.67 bits per heavy atom. The number of carbonyl (C=O) groups excluding carboxylic acids is 1. The second-order valence-corrected chi connectivity index (χ2v) is 5.06. The van der Waals surface area contributed by atoms with Gasteiger partial charge in [0.25, 0.3) is 0 Å². The van der Waals surface area contributed by atoms with Crippen molar-refractivity contribution in [3.05, 3.63) is 11.6 Å². The molecule has 0 saturated carbocycles. The normalized spacial score (nSPS) is 18.1. The fraction of sp³-hybridized carbons (Fsp3) is 0.750. The van der Waals surface area contributed by atoms with Gasteiger partial charge in [0, 0.05) is 13.1 Å². The predicted molar refractivity (Wildman–Crippen MR) is 60.8 cm³/mol. The van der Waals surface area contributed by atoms with E-state index in [9.17, 15) is 4.79 Å². The third-order valence-corrected chi connectivity index (χ3v) is 2.32. The first-order chi connectivity index (χ1) is 6.88. The average molecular weight is 211 g/mol. The Morgan fingerprint density at radius 2 is 2.07 bits per heavy atom. The molecule has 3 nitrogen and oxygen atoms in total. The van der Waals surface area contributed by atoms with Crippen LogP contribution in [0.5, 0.6) is 0 Å². The van der Waals surface area contributed by atoms with Crippen molar-refractivity contribution in [2.45, 2.75) is 46.1 Å². The lowest BCUT2D eigenvalue weighted by Crippen LogP contribution is -2.37. The number of nitrogens with zero attached hydrogens (tertiary/aromatic N) is 1. The van der Waals surface area contributed by atoms with Crippen molar-refractivity contribution in [2.75, 3.05) is 13.1 Å². The fourth-order valence-electron chi connectivity index (χ4n) is 1.50. The van der Waals surface area contributed by atoms with E-state index in [1.165, 1.54) is 5.57 Å². The van der Waals surface area contributed by atoms with E-state index in [0.29, 0.717) is 0 Å². The van der Waals surface area contributed by atoms with Crippen LogP contribution >= 0.6 is 0 Å². The van der Waals surface area contributed by atoms with E-state index in [4.69, 9.17) is 4.74 Å². The van der Waals surface area contributed by atoms with Gasteiger partial charge in [-0.15, -0.1) is 0 Å². The van der Waals surface area contributed by atoms with Crippen LogP contribution in [-0.4, -0.2) is 29.7 Å². The number of hydrogen-bond acceptors (Lipinski definition) is 2. The van der Waals surface area contributed by atoms with Crippen LogP contribution in [0.4, 0.5) is 4.79 Å². The summed E-state index contributed by atoms with van der Waals surface area (Å²) in [7, 11) is 0. The van der Waals surface area contributed by atoms with Crippen molar-refractivity contribution in [2.24, 2.45) is 0 Å². The standard InChI is InChI=1S/C12H21NO2/c1-10-6-5-8-13(9-7-10)11(14)15-12(2,3)4/h6H,5,7-9H2,1-4H3. The molecule has 0 unspecified atom stereocenters. The predicted octanol–water partition coefficient (Wildman–Crippen LogP) is 2.96. The van der Waals surface area contributed by atoms with Crippen molar-refractivity contribution < 1.29 is 9.53 Å². The molecule has 3 heteroatoms. The minimum atomic E-state index is -0.397. The number of hydrogen-bond donors (Lipinski definition) is 0. The molecule has 1 heterocycles. The average Bonchev–Trinajstić information content (AvgIpc) is 2.26. The van der Waals surface area contributed by atoms with Crippen LogP contribution in [0.15, 0.2) is 11.6 Å². The second kappa shape index (κ2) is 4.69. The van der Waals surface area contributed by atoms with Crippen molar-refractivity contribution in [1.29, 1.82) is 0 Å². The molecule has 0 bridgehead atoms. The monoisotopic (exact) mass is 211 g/mol. The molecule has 1 amide bonds. The first kappa shape index (κ1) is 12.1. The molecule has 15 heavy (non-hydrogen) atoms. The van der Waals surface area contributed by atoms with Gasteiger partial charge >= 0.3 is 6.09 Å². The van der Waals surface area contributed by atoms with E-state index in [2.05, 4.69) is 13.0 Å². The highest BCUT2D eigenvalue weighted by molar-refractivity contribution is 5.68. The maximum Gasteiger partial charge on any atom is 0.410 e. The van der Waals surface area contributed by atoms with Gasteiger partial charge in [0.05, 0.1) is 0 Å². The summed E-state index contributed by atoms with van der Waals surface area (Å²) in [4.78, 5) is 13.5. The fourth-order valence-corrected chi connectivity index (χ4v) is 1.50. The molecule has 0 spiro atoms. The minimum Gasteiger partial charge on any atom is -0.444 e. The molecule has 0 fully saturated rings. The smallest absolute Gasteiger partial charge is 0.410 e. The lowest BCUT2D eigenvalue weighted by atomic mass is 10.2. The Morgan fingerprint density at radius 1 is 1.40 bits per heavy atom. The maximum absolute atomic E-state index is 11.8. The van der Waals surface area contributed by atoms with Crippen molar-refractivity contribution in [3.63, 3.8) is 0 Å². The zero-order valence-electron chi connectivity index (χ0n) is 10.2. The highest BCUT2D eigenvalue weighted by Gasteiger charge is 2.22. The molecule has 0 atom stereocenters. The molecule has 0 radical (unpaired) electrons. The van der Waals surface area contributed by atoms with Crippen molar-refractivity contribution >= 4 is 6.09 Å². The molecular weight excluding hydrogens is 190 g/mol. The zero-order chi connectivity index (χ0) is 11.5. The first-order valence-electron chi connectivity index (χ1n) is 5.52. The summed E-state index contributed by atoms with van der Waals surface area (Å²) >= 11 is 0. The van der Waals surface area contributed by atoms with Gasteiger partial charge in [0.1, 0.15) is 5.60 Å². The minimum absolute atomic E-state index is 0.189. The third kappa shape index (κ3) is 4.36. The Kier molecular flexibility index (Phi) is 3.77. The molecular formula is C12H21NO2. The molecule has 86 valence electrons. The van der Waals surface area contributed by atoms with E-state index in [0.717, 1.165) is 25.9 Å². The molecule has 0 N–H and O–H groups in total. The van der Waals surface area contributed by atoms with Crippen LogP contribution in [0.2, 0.25) is 0 Å². The van der Waals surface area contributed by atoms with Crippen LogP contribution in [0, 0.1) is 0 Å². The summed E-state index contributed by atoms with van der Waals surface area (Å²) in [6.45, 7) is 9.34. The Balaban J connectivity index is 2.48. The lowest BCUT2D eigenvalue weighted by Gasteiger charge is -2.26. The van der Waals surface area contributed by atoms with Crippen molar-refractivity contribution in [1.82, 2.24) is 4.90 Å². The molecule has 0 aromatic rings. The quantitative estimate of drug-likeness (QED) is 0.576. The Hall–Kier alpha value is -0.990. The number of amides is 1. The summed E-state index contributed by atoms with van der Waals surface area (Å²) < 4.78 is 5.33. The zero-order valence-corrected chi connectivity index (χ0v) is 10.2. The van der Waals surface area contributed by atoms with Gasteiger partial charge < -0.3 is 9.64 Å². The van der Waals surface area contributed by atoms with E-state index in [1.807, 2.05) is 20.8 Å². The summed E-state index contributed by atoms with van der Waals surface area (Å²) in [5.74, 6) is 0. The summed E-state index contributed by atoms with van der Waals surface area (Å²) in [6, 6.07) is 0. The van der Waals surface area contributed by atoms with Crippen LogP contribution in [0.1, 0.15) is 40.5 Å². The highest BCUT2D eigenvalue weighted by Crippen LogP contribution is 2.14. The molecule has 0 aromatic heterocycles. The highest BCUT2D eigenvalue weighted by atomic mass is 16.6. The van der Waals surface area contributed by atoms with Gasteiger partial charge in [-0.3, -0.25) is 0 Å². The van der Waals surface area contributed by atoms with E-state index in [-0.39, 0.29) is 6.09 Å². The largest absolute Gasteiger partial charge is 0.444 e. The van der Waals surface area contributed by atoms with Gasteiger partial charge in [0.2, 0.25) is 0 Å². The molecule has 1 aliphatic rings. The topological polar surface area (TPSA) is 29.5 Å². The second-order valence-electron chi connectivity index (χ2n) is 5.06. The van der Waals surface area contributed by atoms with Crippen LogP contribution in [0.3, 0.4) is 0 Å². The van der Waals surface area contributed by atoms with Gasteiger partial charge in [-0.1, -0.05) is 11.6 Å². The van der Waals surface area contributed by atoms with Crippen molar-refractivity contribution in [3.8, 4) is 0 Å². The first-order valence-corrected chi connectivity index (χ1v) is 5.52. The molecule has 0 saturated heterocycles. The SMILES string of the molecule is CC1=CCCN(C(=O)OC(C)(C)C)CC1. The molecule has 0 aromatic carbocycles. The lowest BCUT2D eigenvalue weighted by molar-refractivity contribution is 0.0259. The number of ether oxygens (including phenoxy) is 1. The maximum atomic E-state index is 11.8. The molecule has 1 rings (SSSR count). The van der Waals surface area contributed by atoms with Gasteiger partial charge in [0.15, 0.2) is 0 Å². The van der Waals surface area contributed by atoms with E-state index >= 15 is 0 Å². The number of carbonyl (C=O) groups is 1. The van der Waals surface area contributed by atoms with Gasteiger partial charge in [-0.2, -0.15) is 0 Å². The van der Waals surface area contributed by atoms with Gasteiger partial charge in [-0.05, 0) is 40.5 Å². The van der Waals surface area contributed by atoms with E-state index < -0.39 is 5.60 Å². The third-order valence-electron chi connectivity index (χ3n) is 2.32. The Labute approximate surface area is 92.1 Å². The summed E-state index contributed by atoms with van der Waals surface area (Å²) in [6.07, 6.45) is 3.90. The van der Waals surface area contributed by atoms with Crippen LogP contribution in [0.25, 0.3) is 0 Å². The summed E-state index contributed by atoms with van der Waals surface area (Å²) in [5, 5.41) is 0. The van der Waals surface area contributed by atoms with Gasteiger partial charge in [-0.25, -0.2) is 4.79 Å². The summed E-state index contributed by atoms with van der Waals surface area (Å²) in [5.41, 5.74) is 0.965. The molecule has 0 aliphatic carbocycles. The molecule has 1 aliphatic heterocycles. The van der Waals surface area contributed by atoms with Crippen LogP contribution in [-0.2, 0) is 4.74 Å².